The van der Waals surface area contributed by atoms with Crippen molar-refractivity contribution in [3.05, 3.63) is 33.3 Å². The van der Waals surface area contributed by atoms with E-state index in [1.54, 1.807) is 0 Å². The minimum atomic E-state index is -0.00667. The molecule has 1 fully saturated rings. The van der Waals surface area contributed by atoms with Gasteiger partial charge in [0, 0.05) is 23.7 Å². The van der Waals surface area contributed by atoms with Crippen LogP contribution in [0.2, 0.25) is 5.02 Å². The number of hydrogen-bond donors (Lipinski definition) is 1. The first-order chi connectivity index (χ1) is 8.46. The van der Waals surface area contributed by atoms with Gasteiger partial charge in [0.2, 0.25) is 0 Å². The second kappa shape index (κ2) is 5.91. The number of benzene rings is 1. The van der Waals surface area contributed by atoms with Gasteiger partial charge in [-0.25, -0.2) is 0 Å². The third-order valence-corrected chi connectivity index (χ3v) is 4.51. The van der Waals surface area contributed by atoms with Crippen LogP contribution < -0.4 is 5.32 Å². The fourth-order valence-corrected chi connectivity index (χ4v) is 2.77. The smallest absolute Gasteiger partial charge is 0.0641 e. The lowest BCUT2D eigenvalue weighted by Gasteiger charge is -2.36. The second-order valence-electron chi connectivity index (χ2n) is 5.43. The Morgan fingerprint density at radius 2 is 2.28 bits per heavy atom. The predicted octanol–water partition coefficient (Wildman–Crippen LogP) is 4.15. The number of ether oxygens (including phenoxy) is 1. The molecule has 2 nitrogen and oxygen atoms in total. The van der Waals surface area contributed by atoms with Gasteiger partial charge in [0.05, 0.1) is 10.6 Å². The summed E-state index contributed by atoms with van der Waals surface area (Å²) in [7, 11) is 0. The summed E-state index contributed by atoms with van der Waals surface area (Å²) in [5.74, 6) is 0. The van der Waals surface area contributed by atoms with Crippen LogP contribution in [0.5, 0.6) is 0 Å². The Bertz CT molecular complexity index is 422. The second-order valence-corrected chi connectivity index (χ2v) is 6.69. The number of nitrogens with one attached hydrogen (secondary N) is 1. The van der Waals surface area contributed by atoms with E-state index in [-0.39, 0.29) is 5.60 Å². The van der Waals surface area contributed by atoms with Crippen molar-refractivity contribution in [2.24, 2.45) is 0 Å². The van der Waals surface area contributed by atoms with E-state index in [1.807, 2.05) is 12.1 Å². The molecular formula is C14H19BrClNO. The summed E-state index contributed by atoms with van der Waals surface area (Å²) in [6.07, 6.45) is 2.13. The van der Waals surface area contributed by atoms with E-state index >= 15 is 0 Å². The largest absolute Gasteiger partial charge is 0.375 e. The summed E-state index contributed by atoms with van der Waals surface area (Å²) in [4.78, 5) is 0. The average molecular weight is 333 g/mol. The molecule has 1 unspecified atom stereocenters. The molecule has 1 aliphatic rings. The zero-order valence-corrected chi connectivity index (χ0v) is 13.1. The Morgan fingerprint density at radius 3 is 2.94 bits per heavy atom. The predicted molar refractivity (Wildman–Crippen MR) is 79.0 cm³/mol. The lowest BCUT2D eigenvalue weighted by Crippen LogP contribution is -2.43. The van der Waals surface area contributed by atoms with E-state index in [1.165, 1.54) is 5.56 Å². The first-order valence-corrected chi connectivity index (χ1v) is 7.45. The Hall–Kier alpha value is -0.0900. The van der Waals surface area contributed by atoms with Crippen LogP contribution in [-0.2, 0) is 11.3 Å². The lowest BCUT2D eigenvalue weighted by molar-refractivity contribution is -0.0630. The highest BCUT2D eigenvalue weighted by molar-refractivity contribution is 9.10. The van der Waals surface area contributed by atoms with Gasteiger partial charge in [-0.05, 0) is 60.3 Å². The maximum Gasteiger partial charge on any atom is 0.0641 e. The summed E-state index contributed by atoms with van der Waals surface area (Å²) in [6.45, 7) is 5.99. The van der Waals surface area contributed by atoms with Gasteiger partial charge in [0.15, 0.2) is 0 Å². The van der Waals surface area contributed by atoms with Crippen LogP contribution in [0.3, 0.4) is 0 Å². The summed E-state index contributed by atoms with van der Waals surface area (Å²) < 4.78 is 6.66. The molecule has 1 aromatic carbocycles. The van der Waals surface area contributed by atoms with Crippen molar-refractivity contribution in [1.29, 1.82) is 0 Å². The molecule has 1 heterocycles. The highest BCUT2D eigenvalue weighted by atomic mass is 79.9. The van der Waals surface area contributed by atoms with Crippen molar-refractivity contribution in [2.75, 3.05) is 6.61 Å². The van der Waals surface area contributed by atoms with E-state index in [2.05, 4.69) is 41.2 Å². The standard InChI is InChI=1S/C14H19BrClNO/c1-14(2)8-11(5-6-18-14)17-9-10-3-4-12(15)13(16)7-10/h3-4,7,11,17H,5-6,8-9H2,1-2H3. The van der Waals surface area contributed by atoms with Gasteiger partial charge in [-0.2, -0.15) is 0 Å². The van der Waals surface area contributed by atoms with Crippen LogP contribution in [0.25, 0.3) is 0 Å². The molecule has 0 radical (unpaired) electrons. The Morgan fingerprint density at radius 1 is 1.50 bits per heavy atom. The van der Waals surface area contributed by atoms with Gasteiger partial charge >= 0.3 is 0 Å². The highest BCUT2D eigenvalue weighted by Gasteiger charge is 2.28. The highest BCUT2D eigenvalue weighted by Crippen LogP contribution is 2.25. The molecule has 1 aromatic rings. The summed E-state index contributed by atoms with van der Waals surface area (Å²) in [6, 6.07) is 6.61. The van der Waals surface area contributed by atoms with Crippen molar-refractivity contribution in [2.45, 2.75) is 44.9 Å². The van der Waals surface area contributed by atoms with Gasteiger partial charge in [-0.15, -0.1) is 0 Å². The molecule has 0 aliphatic carbocycles. The van der Waals surface area contributed by atoms with Crippen LogP contribution in [0.4, 0.5) is 0 Å². The molecular weight excluding hydrogens is 314 g/mol. The summed E-state index contributed by atoms with van der Waals surface area (Å²) in [5.41, 5.74) is 1.21. The van der Waals surface area contributed by atoms with E-state index in [9.17, 15) is 0 Å². The van der Waals surface area contributed by atoms with Gasteiger partial charge in [0.25, 0.3) is 0 Å². The number of halogens is 2. The van der Waals surface area contributed by atoms with Crippen LogP contribution >= 0.6 is 27.5 Å². The average Bonchev–Trinajstić information content (AvgIpc) is 2.29. The van der Waals surface area contributed by atoms with Crippen molar-refractivity contribution >= 4 is 27.5 Å². The minimum Gasteiger partial charge on any atom is -0.375 e. The van der Waals surface area contributed by atoms with Crippen LogP contribution in [0, 0.1) is 0 Å². The monoisotopic (exact) mass is 331 g/mol. The van der Waals surface area contributed by atoms with Crippen molar-refractivity contribution in [3.8, 4) is 0 Å². The van der Waals surface area contributed by atoms with Crippen LogP contribution in [0.15, 0.2) is 22.7 Å². The molecule has 4 heteroatoms. The van der Waals surface area contributed by atoms with Gasteiger partial charge in [-0.1, -0.05) is 17.7 Å². The molecule has 0 spiro atoms. The van der Waals surface area contributed by atoms with E-state index in [0.717, 1.165) is 35.5 Å². The minimum absolute atomic E-state index is 0.00667. The molecule has 1 atom stereocenters. The number of hydrogen-bond acceptors (Lipinski definition) is 2. The zero-order chi connectivity index (χ0) is 13.2. The maximum absolute atomic E-state index is 6.09. The molecule has 0 amide bonds. The molecule has 2 rings (SSSR count). The molecule has 1 aliphatic heterocycles. The fourth-order valence-electron chi connectivity index (χ4n) is 2.32. The Balaban J connectivity index is 1.89. The quantitative estimate of drug-likeness (QED) is 0.898. The molecule has 0 saturated carbocycles. The molecule has 0 bridgehead atoms. The van der Waals surface area contributed by atoms with E-state index in [4.69, 9.17) is 16.3 Å². The van der Waals surface area contributed by atoms with Crippen LogP contribution in [0.1, 0.15) is 32.3 Å². The van der Waals surface area contributed by atoms with E-state index < -0.39 is 0 Å². The zero-order valence-electron chi connectivity index (χ0n) is 10.8. The van der Waals surface area contributed by atoms with Gasteiger partial charge in [-0.3, -0.25) is 0 Å². The van der Waals surface area contributed by atoms with E-state index in [0.29, 0.717) is 6.04 Å². The number of rotatable bonds is 3. The maximum atomic E-state index is 6.09. The molecule has 1 saturated heterocycles. The normalized spacial score (nSPS) is 23.0. The fraction of sp³-hybridized carbons (Fsp3) is 0.571. The third-order valence-electron chi connectivity index (χ3n) is 3.28. The summed E-state index contributed by atoms with van der Waals surface area (Å²) >= 11 is 9.49. The SMILES string of the molecule is CC1(C)CC(NCc2ccc(Br)c(Cl)c2)CCO1. The third kappa shape index (κ3) is 3.95. The molecule has 18 heavy (non-hydrogen) atoms. The van der Waals surface area contributed by atoms with Gasteiger partial charge in [0.1, 0.15) is 0 Å². The summed E-state index contributed by atoms with van der Waals surface area (Å²) in [5, 5.41) is 4.35. The Labute approximate surface area is 122 Å². The lowest BCUT2D eigenvalue weighted by atomic mass is 9.94. The topological polar surface area (TPSA) is 21.3 Å². The Kier molecular flexibility index (Phi) is 4.70. The molecule has 1 N–H and O–H groups in total. The first-order valence-electron chi connectivity index (χ1n) is 6.27. The molecule has 0 aromatic heterocycles. The van der Waals surface area contributed by atoms with Crippen LogP contribution in [-0.4, -0.2) is 18.2 Å². The van der Waals surface area contributed by atoms with Gasteiger partial charge < -0.3 is 10.1 Å². The molecule has 100 valence electrons. The first kappa shape index (κ1) is 14.3. The van der Waals surface area contributed by atoms with Crippen molar-refractivity contribution in [1.82, 2.24) is 5.32 Å². The van der Waals surface area contributed by atoms with Crippen molar-refractivity contribution in [3.63, 3.8) is 0 Å². The van der Waals surface area contributed by atoms with Crippen molar-refractivity contribution < 1.29 is 4.74 Å².